The summed E-state index contributed by atoms with van der Waals surface area (Å²) in [5.41, 5.74) is 1.89. The fourth-order valence-corrected chi connectivity index (χ4v) is 5.67. The highest BCUT2D eigenvalue weighted by molar-refractivity contribution is 9.11. The summed E-state index contributed by atoms with van der Waals surface area (Å²) in [7, 11) is 0. The van der Waals surface area contributed by atoms with Gasteiger partial charge in [-0.05, 0) is 56.1 Å². The van der Waals surface area contributed by atoms with Crippen LogP contribution >= 0.6 is 67.3 Å². The van der Waals surface area contributed by atoms with Crippen LogP contribution in [0.1, 0.15) is 20.8 Å². The van der Waals surface area contributed by atoms with Gasteiger partial charge in [0.25, 0.3) is 5.91 Å². The van der Waals surface area contributed by atoms with Crippen molar-refractivity contribution in [3.63, 3.8) is 0 Å². The maximum atomic E-state index is 12.5. The molecular weight excluding hydrogens is 484 g/mol. The Balaban J connectivity index is 1.97. The minimum absolute atomic E-state index is 0.0722. The molecule has 1 amide bonds. The van der Waals surface area contributed by atoms with Crippen LogP contribution in [-0.4, -0.2) is 20.7 Å². The van der Waals surface area contributed by atoms with Gasteiger partial charge in [0.05, 0.1) is 39.9 Å². The summed E-state index contributed by atoms with van der Waals surface area (Å²) in [5.74, 6) is -0.431. The molecule has 0 saturated carbocycles. The number of halogens is 2. The number of thiophene rings is 2. The molecule has 0 unspecified atom stereocenters. The van der Waals surface area contributed by atoms with Crippen molar-refractivity contribution in [3.8, 4) is 16.5 Å². The Bertz CT molecular complexity index is 1000. The molecule has 4 rings (SSSR count). The molecule has 0 bridgehead atoms. The van der Waals surface area contributed by atoms with Gasteiger partial charge < -0.3 is 5.11 Å². The van der Waals surface area contributed by atoms with Crippen molar-refractivity contribution in [3.05, 3.63) is 47.8 Å². The number of hydrogen-bond acceptors (Lipinski definition) is 5. The lowest BCUT2D eigenvalue weighted by atomic mass is 10.1. The molecule has 9 heteroatoms. The Morgan fingerprint density at radius 3 is 2.22 bits per heavy atom. The Morgan fingerprint density at radius 1 is 1.04 bits per heavy atom. The van der Waals surface area contributed by atoms with Crippen LogP contribution in [0, 0.1) is 0 Å². The molecule has 0 aromatic carbocycles. The number of carbonyl (C=O) groups excluding carboxylic acids is 1. The van der Waals surface area contributed by atoms with Crippen LogP contribution in [0.25, 0.3) is 10.6 Å². The van der Waals surface area contributed by atoms with Gasteiger partial charge in [-0.15, -0.1) is 22.7 Å². The van der Waals surface area contributed by atoms with E-state index in [0.29, 0.717) is 22.5 Å². The summed E-state index contributed by atoms with van der Waals surface area (Å²) in [6.45, 7) is 0. The minimum atomic E-state index is -0.359. The average Bonchev–Trinajstić information content (AvgIpc) is 3.23. The lowest BCUT2D eigenvalue weighted by molar-refractivity contribution is 0.101. The predicted octanol–water partition coefficient (Wildman–Crippen LogP) is 5.19. The molecule has 1 aliphatic heterocycles. The Kier molecular flexibility index (Phi) is 3.80. The van der Waals surface area contributed by atoms with Crippen LogP contribution < -0.4 is 0 Å². The summed E-state index contributed by atoms with van der Waals surface area (Å²) in [6.07, 6.45) is 0. The highest BCUT2D eigenvalue weighted by Gasteiger charge is 2.36. The fraction of sp³-hybridized carbons (Fsp3) is 0. The van der Waals surface area contributed by atoms with Gasteiger partial charge in [0.15, 0.2) is 0 Å². The molecule has 4 heterocycles. The standard InChI is InChI=1S/C14H6Br2N2O2S3/c15-7-3-1-5(22-7)11-9-10(13(19)17-11)12(18(21)14(9)20)6-2-4-8(16)23-6/h1-4,20-21H. The fourth-order valence-electron chi connectivity index (χ4n) is 2.48. The smallest absolute Gasteiger partial charge is 0.280 e. The molecule has 0 atom stereocenters. The summed E-state index contributed by atoms with van der Waals surface area (Å²) in [6, 6.07) is 7.52. The first kappa shape index (κ1) is 15.6. The molecule has 3 aromatic heterocycles. The molecule has 116 valence electrons. The molecule has 0 saturated heterocycles. The minimum Gasteiger partial charge on any atom is -0.493 e. The third kappa shape index (κ3) is 2.37. The Hall–Kier alpha value is -0.870. The van der Waals surface area contributed by atoms with Crippen molar-refractivity contribution in [2.75, 3.05) is 0 Å². The van der Waals surface area contributed by atoms with E-state index in [0.717, 1.165) is 17.3 Å². The number of amides is 1. The van der Waals surface area contributed by atoms with Gasteiger partial charge in [0.1, 0.15) is 0 Å². The number of fused-ring (bicyclic) bond motifs is 1. The van der Waals surface area contributed by atoms with E-state index in [4.69, 9.17) is 0 Å². The van der Waals surface area contributed by atoms with Gasteiger partial charge in [-0.3, -0.25) is 8.77 Å². The number of thiol groups is 1. The first-order chi connectivity index (χ1) is 11.0. The van der Waals surface area contributed by atoms with Gasteiger partial charge in [0, 0.05) is 0 Å². The second-order valence-electron chi connectivity index (χ2n) is 4.71. The van der Waals surface area contributed by atoms with Crippen molar-refractivity contribution in [2.45, 2.75) is 0 Å². The van der Waals surface area contributed by atoms with E-state index in [2.05, 4.69) is 49.7 Å². The second kappa shape index (κ2) is 5.59. The maximum absolute atomic E-state index is 12.5. The second-order valence-corrected chi connectivity index (χ2v) is 10.0. The topological polar surface area (TPSA) is 54.6 Å². The average molecular weight is 490 g/mol. The molecule has 0 aliphatic carbocycles. The highest BCUT2D eigenvalue weighted by atomic mass is 79.9. The molecule has 1 aliphatic rings. The van der Waals surface area contributed by atoms with Gasteiger partial charge in [-0.2, -0.15) is 0 Å². The summed E-state index contributed by atoms with van der Waals surface area (Å²) >= 11 is 14.1. The SMILES string of the molecule is O=C1N=C(c2ccc(Br)s2)c2c1c(-c1ccc(Br)s1)n(S)c2O. The zero-order chi connectivity index (χ0) is 16.3. The zero-order valence-electron chi connectivity index (χ0n) is 11.1. The maximum Gasteiger partial charge on any atom is 0.280 e. The van der Waals surface area contributed by atoms with E-state index in [9.17, 15) is 9.90 Å². The van der Waals surface area contributed by atoms with Crippen molar-refractivity contribution >= 4 is 79.0 Å². The van der Waals surface area contributed by atoms with Gasteiger partial charge in [-0.1, -0.05) is 12.8 Å². The quantitative estimate of drug-likeness (QED) is 0.486. The summed E-state index contributed by atoms with van der Waals surface area (Å²) in [4.78, 5) is 18.3. The zero-order valence-corrected chi connectivity index (χ0v) is 16.8. The van der Waals surface area contributed by atoms with Crippen LogP contribution in [0.15, 0.2) is 36.8 Å². The van der Waals surface area contributed by atoms with E-state index >= 15 is 0 Å². The Morgan fingerprint density at radius 2 is 1.65 bits per heavy atom. The molecule has 3 aromatic rings. The van der Waals surface area contributed by atoms with Crippen LogP contribution in [0.4, 0.5) is 0 Å². The number of aromatic hydroxyl groups is 1. The first-order valence-corrected chi connectivity index (χ1v) is 9.91. The van der Waals surface area contributed by atoms with Crippen LogP contribution in [-0.2, 0) is 0 Å². The number of aromatic nitrogens is 1. The van der Waals surface area contributed by atoms with E-state index in [-0.39, 0.29) is 11.8 Å². The molecule has 0 spiro atoms. The van der Waals surface area contributed by atoms with Crippen LogP contribution in [0.3, 0.4) is 0 Å². The Labute approximate surface area is 161 Å². The third-order valence-electron chi connectivity index (χ3n) is 3.40. The predicted molar refractivity (Wildman–Crippen MR) is 103 cm³/mol. The number of hydrogen-bond donors (Lipinski definition) is 2. The first-order valence-electron chi connectivity index (χ1n) is 6.29. The van der Waals surface area contributed by atoms with Crippen molar-refractivity contribution in [2.24, 2.45) is 4.99 Å². The monoisotopic (exact) mass is 488 g/mol. The third-order valence-corrected chi connectivity index (χ3v) is 7.05. The molecule has 0 fully saturated rings. The molecule has 4 nitrogen and oxygen atoms in total. The lowest BCUT2D eigenvalue weighted by Gasteiger charge is -2.02. The van der Waals surface area contributed by atoms with Crippen molar-refractivity contribution in [1.29, 1.82) is 0 Å². The highest BCUT2D eigenvalue weighted by Crippen LogP contribution is 2.44. The van der Waals surface area contributed by atoms with Gasteiger partial charge >= 0.3 is 0 Å². The van der Waals surface area contributed by atoms with E-state index in [1.165, 1.54) is 26.6 Å². The van der Waals surface area contributed by atoms with Gasteiger partial charge in [-0.25, -0.2) is 4.99 Å². The van der Waals surface area contributed by atoms with Crippen molar-refractivity contribution in [1.82, 2.24) is 3.97 Å². The van der Waals surface area contributed by atoms with E-state index < -0.39 is 0 Å². The van der Waals surface area contributed by atoms with E-state index in [1.54, 1.807) is 0 Å². The number of carbonyl (C=O) groups is 1. The van der Waals surface area contributed by atoms with Gasteiger partial charge in [0.2, 0.25) is 5.88 Å². The van der Waals surface area contributed by atoms with Crippen LogP contribution in [0.5, 0.6) is 5.88 Å². The molecule has 0 radical (unpaired) electrons. The molecular formula is C14H6Br2N2O2S3. The summed E-state index contributed by atoms with van der Waals surface area (Å²) in [5, 5.41) is 10.5. The molecule has 1 N–H and O–H groups in total. The number of rotatable bonds is 2. The largest absolute Gasteiger partial charge is 0.493 e. The molecule has 23 heavy (non-hydrogen) atoms. The van der Waals surface area contributed by atoms with Crippen LogP contribution in [0.2, 0.25) is 0 Å². The summed E-state index contributed by atoms with van der Waals surface area (Å²) < 4.78 is 3.21. The normalized spacial score (nSPS) is 13.5. The number of aliphatic imine (C=N–C) groups is 1. The van der Waals surface area contributed by atoms with Crippen molar-refractivity contribution < 1.29 is 9.90 Å². The lowest BCUT2D eigenvalue weighted by Crippen LogP contribution is -1.97. The van der Waals surface area contributed by atoms with E-state index in [1.807, 2.05) is 24.3 Å². The number of nitrogens with zero attached hydrogens (tertiary/aromatic N) is 2.